The second kappa shape index (κ2) is 6.60. The van der Waals surface area contributed by atoms with Gasteiger partial charge >= 0.3 is 5.63 Å². The predicted octanol–water partition coefficient (Wildman–Crippen LogP) is 1.44. The molecule has 0 saturated heterocycles. The molecule has 120 valence electrons. The molecule has 0 fully saturated rings. The van der Waals surface area contributed by atoms with E-state index in [1.807, 2.05) is 13.8 Å². The van der Waals surface area contributed by atoms with Gasteiger partial charge in [0.05, 0.1) is 4.90 Å². The molecule has 0 aliphatic carbocycles. The normalized spacial score (nSPS) is 13.6. The lowest BCUT2D eigenvalue weighted by Gasteiger charge is -2.18. The van der Waals surface area contributed by atoms with Crippen molar-refractivity contribution in [1.29, 1.82) is 0 Å². The summed E-state index contributed by atoms with van der Waals surface area (Å²) in [5.74, 6) is 0.335. The van der Waals surface area contributed by atoms with E-state index in [9.17, 15) is 13.2 Å². The van der Waals surface area contributed by atoms with Crippen LogP contribution in [0.5, 0.6) is 0 Å². The molecule has 6 nitrogen and oxygen atoms in total. The summed E-state index contributed by atoms with van der Waals surface area (Å²) in [6, 6.07) is 6.85. The Kier molecular flexibility index (Phi) is 5.00. The Morgan fingerprint density at radius 3 is 2.59 bits per heavy atom. The van der Waals surface area contributed by atoms with Crippen molar-refractivity contribution >= 4 is 21.0 Å². The zero-order valence-corrected chi connectivity index (χ0v) is 13.4. The minimum atomic E-state index is -3.67. The third-order valence-corrected chi connectivity index (χ3v) is 4.78. The molecule has 0 amide bonds. The average Bonchev–Trinajstić information content (AvgIpc) is 2.45. The molecule has 1 atom stereocenters. The molecule has 0 aliphatic rings. The smallest absolute Gasteiger partial charge is 0.336 e. The summed E-state index contributed by atoms with van der Waals surface area (Å²) in [6.07, 6.45) is 0.665. The lowest BCUT2D eigenvalue weighted by molar-refractivity contribution is 0.465. The van der Waals surface area contributed by atoms with Crippen LogP contribution in [0.15, 0.2) is 44.4 Å². The molecule has 0 radical (unpaired) electrons. The molecule has 2 rings (SSSR count). The van der Waals surface area contributed by atoms with Crippen LogP contribution in [0, 0.1) is 5.92 Å². The molecular weight excluding hydrogens is 304 g/mol. The Morgan fingerprint density at radius 1 is 1.23 bits per heavy atom. The van der Waals surface area contributed by atoms with Crippen LogP contribution in [0.2, 0.25) is 0 Å². The fourth-order valence-electron chi connectivity index (χ4n) is 2.27. The van der Waals surface area contributed by atoms with Crippen molar-refractivity contribution < 1.29 is 12.8 Å². The van der Waals surface area contributed by atoms with Gasteiger partial charge in [-0.3, -0.25) is 0 Å². The van der Waals surface area contributed by atoms with E-state index in [-0.39, 0.29) is 17.5 Å². The van der Waals surface area contributed by atoms with E-state index < -0.39 is 15.6 Å². The highest BCUT2D eigenvalue weighted by Gasteiger charge is 2.20. The Bertz CT molecular complexity index is 812. The summed E-state index contributed by atoms with van der Waals surface area (Å²) < 4.78 is 32.5. The van der Waals surface area contributed by atoms with Gasteiger partial charge in [0.1, 0.15) is 5.58 Å². The summed E-state index contributed by atoms with van der Waals surface area (Å²) >= 11 is 0. The number of nitrogens with two attached hydrogens (primary N) is 1. The summed E-state index contributed by atoms with van der Waals surface area (Å²) in [5.41, 5.74) is 5.52. The van der Waals surface area contributed by atoms with E-state index in [1.165, 1.54) is 30.3 Å². The summed E-state index contributed by atoms with van der Waals surface area (Å²) in [7, 11) is -3.67. The molecule has 1 unspecified atom stereocenters. The minimum absolute atomic E-state index is 0.121. The second-order valence-corrected chi connectivity index (χ2v) is 7.35. The maximum atomic E-state index is 12.4. The summed E-state index contributed by atoms with van der Waals surface area (Å²) in [4.78, 5) is 11.3. The van der Waals surface area contributed by atoms with E-state index in [0.717, 1.165) is 0 Å². The lowest BCUT2D eigenvalue weighted by atomic mass is 10.1. The van der Waals surface area contributed by atoms with Crippen LogP contribution >= 0.6 is 0 Å². The molecular formula is C15H20N2O4S. The molecule has 0 aliphatic heterocycles. The standard InChI is InChI=1S/C15H20N2O4S/c1-10(2)7-12(9-16)17-22(19,20)13-4-5-14-11(8-13)3-6-15(18)21-14/h3-6,8,10,12,17H,7,9,16H2,1-2H3. The van der Waals surface area contributed by atoms with Crippen LogP contribution in [0.3, 0.4) is 0 Å². The number of fused-ring (bicyclic) bond motifs is 1. The quantitative estimate of drug-likeness (QED) is 0.783. The maximum absolute atomic E-state index is 12.4. The number of hydrogen-bond donors (Lipinski definition) is 2. The molecule has 22 heavy (non-hydrogen) atoms. The molecule has 0 spiro atoms. The van der Waals surface area contributed by atoms with E-state index in [1.54, 1.807) is 0 Å². The predicted molar refractivity (Wildman–Crippen MR) is 85.1 cm³/mol. The third kappa shape index (κ3) is 3.94. The number of sulfonamides is 1. The van der Waals surface area contributed by atoms with Gasteiger partial charge in [0.2, 0.25) is 10.0 Å². The van der Waals surface area contributed by atoms with Gasteiger partial charge in [-0.15, -0.1) is 0 Å². The first-order chi connectivity index (χ1) is 10.3. The topological polar surface area (TPSA) is 102 Å². The highest BCUT2D eigenvalue weighted by atomic mass is 32.2. The molecule has 7 heteroatoms. The molecule has 0 bridgehead atoms. The van der Waals surface area contributed by atoms with Gasteiger partial charge in [0.15, 0.2) is 0 Å². The average molecular weight is 324 g/mol. The Balaban J connectivity index is 2.32. The monoisotopic (exact) mass is 324 g/mol. The first-order valence-electron chi connectivity index (χ1n) is 7.08. The number of rotatable bonds is 6. The fourth-order valence-corrected chi connectivity index (χ4v) is 3.56. The summed E-state index contributed by atoms with van der Waals surface area (Å²) in [6.45, 7) is 4.25. The largest absolute Gasteiger partial charge is 0.423 e. The van der Waals surface area contributed by atoms with Crippen molar-refractivity contribution in [3.8, 4) is 0 Å². The molecule has 1 aromatic heterocycles. The molecule has 0 saturated carbocycles. The fraction of sp³-hybridized carbons (Fsp3) is 0.400. The van der Waals surface area contributed by atoms with E-state index in [2.05, 4.69) is 4.72 Å². The highest BCUT2D eigenvalue weighted by molar-refractivity contribution is 7.89. The second-order valence-electron chi connectivity index (χ2n) is 5.64. The first-order valence-corrected chi connectivity index (χ1v) is 8.56. The number of benzene rings is 1. The van der Waals surface area contributed by atoms with Gasteiger partial charge < -0.3 is 10.2 Å². The third-order valence-electron chi connectivity index (χ3n) is 3.26. The van der Waals surface area contributed by atoms with Gasteiger partial charge in [-0.2, -0.15) is 0 Å². The minimum Gasteiger partial charge on any atom is -0.423 e. The Labute approximate surface area is 129 Å². The van der Waals surface area contributed by atoms with Crippen molar-refractivity contribution in [3.63, 3.8) is 0 Å². The molecule has 1 heterocycles. The van der Waals surface area contributed by atoms with E-state index >= 15 is 0 Å². The van der Waals surface area contributed by atoms with Gasteiger partial charge in [-0.1, -0.05) is 13.8 Å². The van der Waals surface area contributed by atoms with Crippen molar-refractivity contribution in [1.82, 2.24) is 4.72 Å². The van der Waals surface area contributed by atoms with Crippen LogP contribution in [-0.2, 0) is 10.0 Å². The maximum Gasteiger partial charge on any atom is 0.336 e. The van der Waals surface area contributed by atoms with Crippen LogP contribution in [-0.4, -0.2) is 21.0 Å². The zero-order chi connectivity index (χ0) is 16.3. The van der Waals surface area contributed by atoms with Crippen LogP contribution < -0.4 is 16.1 Å². The number of hydrogen-bond acceptors (Lipinski definition) is 5. The van der Waals surface area contributed by atoms with E-state index in [0.29, 0.717) is 23.3 Å². The van der Waals surface area contributed by atoms with Crippen LogP contribution in [0.4, 0.5) is 0 Å². The van der Waals surface area contributed by atoms with Crippen molar-refractivity contribution in [2.75, 3.05) is 6.54 Å². The van der Waals surface area contributed by atoms with Gasteiger partial charge in [0.25, 0.3) is 0 Å². The van der Waals surface area contributed by atoms with E-state index in [4.69, 9.17) is 10.2 Å². The van der Waals surface area contributed by atoms with Gasteiger partial charge in [-0.25, -0.2) is 17.9 Å². The Morgan fingerprint density at radius 2 is 1.95 bits per heavy atom. The molecule has 2 aromatic rings. The molecule has 3 N–H and O–H groups in total. The van der Waals surface area contributed by atoms with Gasteiger partial charge in [0, 0.05) is 24.0 Å². The van der Waals surface area contributed by atoms with Crippen LogP contribution in [0.25, 0.3) is 11.0 Å². The molecule has 1 aromatic carbocycles. The Hall–Kier alpha value is -1.70. The van der Waals surface area contributed by atoms with Crippen molar-refractivity contribution in [2.45, 2.75) is 31.2 Å². The SMILES string of the molecule is CC(C)CC(CN)NS(=O)(=O)c1ccc2oc(=O)ccc2c1. The first kappa shape index (κ1) is 16.7. The highest BCUT2D eigenvalue weighted by Crippen LogP contribution is 2.18. The summed E-state index contributed by atoms with van der Waals surface area (Å²) in [5, 5.41) is 0.552. The van der Waals surface area contributed by atoms with Gasteiger partial charge in [-0.05, 0) is 36.6 Å². The number of nitrogens with one attached hydrogen (secondary N) is 1. The van der Waals surface area contributed by atoms with Crippen molar-refractivity contribution in [3.05, 3.63) is 40.8 Å². The lowest BCUT2D eigenvalue weighted by Crippen LogP contribution is -2.40. The van der Waals surface area contributed by atoms with Crippen LogP contribution in [0.1, 0.15) is 20.3 Å². The zero-order valence-electron chi connectivity index (χ0n) is 12.6. The van der Waals surface area contributed by atoms with Crippen molar-refractivity contribution in [2.24, 2.45) is 11.7 Å².